The molecule has 3 nitrogen and oxygen atoms in total. The van der Waals surface area contributed by atoms with Crippen LogP contribution >= 0.6 is 0 Å². The standard InChI is InChI=1S/C18H21N3/c1-2-15-3-8-18(13-15)21-11-9-20(10-12-21)17-6-4-16(14-19)5-7-17/h1,4-7,15,18H,3,8-13H2/t15-,18+/m0/s1. The van der Waals surface area contributed by atoms with Crippen LogP contribution in [0.25, 0.3) is 0 Å². The zero-order valence-corrected chi connectivity index (χ0v) is 12.3. The van der Waals surface area contributed by atoms with Crippen LogP contribution in [0.2, 0.25) is 0 Å². The number of nitriles is 1. The fraction of sp³-hybridized carbons (Fsp3) is 0.500. The van der Waals surface area contributed by atoms with E-state index in [0.29, 0.717) is 12.0 Å². The minimum atomic E-state index is 0.492. The molecule has 0 N–H and O–H groups in total. The van der Waals surface area contributed by atoms with Gasteiger partial charge in [-0.25, -0.2) is 0 Å². The molecule has 1 saturated heterocycles. The predicted molar refractivity (Wildman–Crippen MR) is 84.9 cm³/mol. The Labute approximate surface area is 127 Å². The highest BCUT2D eigenvalue weighted by molar-refractivity contribution is 5.50. The van der Waals surface area contributed by atoms with Crippen molar-refractivity contribution in [2.45, 2.75) is 25.3 Å². The molecular formula is C18H21N3. The van der Waals surface area contributed by atoms with E-state index in [1.807, 2.05) is 12.1 Å². The van der Waals surface area contributed by atoms with Gasteiger partial charge in [0.2, 0.25) is 0 Å². The van der Waals surface area contributed by atoms with E-state index in [9.17, 15) is 0 Å². The Morgan fingerprint density at radius 3 is 2.33 bits per heavy atom. The van der Waals surface area contributed by atoms with Gasteiger partial charge in [0.05, 0.1) is 11.6 Å². The molecule has 1 aliphatic heterocycles. The Hall–Kier alpha value is -1.97. The van der Waals surface area contributed by atoms with Crippen molar-refractivity contribution in [3.63, 3.8) is 0 Å². The molecule has 0 aromatic heterocycles. The van der Waals surface area contributed by atoms with Crippen LogP contribution in [0.1, 0.15) is 24.8 Å². The summed E-state index contributed by atoms with van der Waals surface area (Å²) in [5, 5.41) is 8.85. The second kappa shape index (κ2) is 6.20. The summed E-state index contributed by atoms with van der Waals surface area (Å²) in [7, 11) is 0. The van der Waals surface area contributed by atoms with Gasteiger partial charge in [-0.05, 0) is 43.5 Å². The lowest BCUT2D eigenvalue weighted by molar-refractivity contribution is 0.186. The third-order valence-corrected chi connectivity index (χ3v) is 4.83. The Morgan fingerprint density at radius 1 is 1.05 bits per heavy atom. The summed E-state index contributed by atoms with van der Waals surface area (Å²) in [5.41, 5.74) is 1.95. The van der Waals surface area contributed by atoms with E-state index < -0.39 is 0 Å². The first-order valence-corrected chi connectivity index (χ1v) is 7.75. The summed E-state index contributed by atoms with van der Waals surface area (Å²) in [4.78, 5) is 5.02. The summed E-state index contributed by atoms with van der Waals surface area (Å²) in [6.45, 7) is 4.34. The number of benzene rings is 1. The molecule has 3 heteroatoms. The summed E-state index contributed by atoms with van der Waals surface area (Å²) in [6.07, 6.45) is 9.17. The second-order valence-corrected chi connectivity index (χ2v) is 6.01. The lowest BCUT2D eigenvalue weighted by Crippen LogP contribution is -2.49. The fourth-order valence-corrected chi connectivity index (χ4v) is 3.53. The monoisotopic (exact) mass is 279 g/mol. The lowest BCUT2D eigenvalue weighted by atomic mass is 10.1. The third-order valence-electron chi connectivity index (χ3n) is 4.83. The number of anilines is 1. The number of hydrogen-bond acceptors (Lipinski definition) is 3. The maximum Gasteiger partial charge on any atom is 0.0991 e. The third kappa shape index (κ3) is 3.04. The first kappa shape index (κ1) is 14.0. The maximum absolute atomic E-state index is 8.85. The van der Waals surface area contributed by atoms with E-state index in [0.717, 1.165) is 31.7 Å². The van der Waals surface area contributed by atoms with E-state index in [1.54, 1.807) is 0 Å². The molecule has 21 heavy (non-hydrogen) atoms. The number of piperazine rings is 1. The van der Waals surface area contributed by atoms with Crippen molar-refractivity contribution in [1.82, 2.24) is 4.90 Å². The van der Waals surface area contributed by atoms with Gasteiger partial charge in [-0.3, -0.25) is 4.90 Å². The van der Waals surface area contributed by atoms with Crippen molar-refractivity contribution in [3.05, 3.63) is 29.8 Å². The van der Waals surface area contributed by atoms with E-state index in [1.165, 1.54) is 24.9 Å². The normalized spacial score (nSPS) is 26.3. The van der Waals surface area contributed by atoms with E-state index >= 15 is 0 Å². The quantitative estimate of drug-likeness (QED) is 0.779. The highest BCUT2D eigenvalue weighted by Gasteiger charge is 2.30. The Kier molecular flexibility index (Phi) is 4.13. The fourth-order valence-electron chi connectivity index (χ4n) is 3.53. The van der Waals surface area contributed by atoms with Gasteiger partial charge in [-0.1, -0.05) is 0 Å². The Balaban J connectivity index is 1.55. The molecule has 108 valence electrons. The van der Waals surface area contributed by atoms with Gasteiger partial charge in [0.25, 0.3) is 0 Å². The predicted octanol–water partition coefficient (Wildman–Crippen LogP) is 2.48. The average Bonchev–Trinajstić information content (AvgIpc) is 3.04. The molecule has 1 aromatic rings. The highest BCUT2D eigenvalue weighted by atomic mass is 15.3. The largest absolute Gasteiger partial charge is 0.369 e. The lowest BCUT2D eigenvalue weighted by Gasteiger charge is -2.39. The number of nitrogens with zero attached hydrogens (tertiary/aromatic N) is 3. The summed E-state index contributed by atoms with van der Waals surface area (Å²) >= 11 is 0. The molecule has 0 amide bonds. The maximum atomic E-state index is 8.85. The Bertz CT molecular complexity index is 556. The van der Waals surface area contributed by atoms with Gasteiger partial charge < -0.3 is 4.90 Å². The molecule has 0 bridgehead atoms. The van der Waals surface area contributed by atoms with Gasteiger partial charge in [0.15, 0.2) is 0 Å². The molecule has 2 aliphatic rings. The first-order chi connectivity index (χ1) is 10.3. The average molecular weight is 279 g/mol. The highest BCUT2D eigenvalue weighted by Crippen LogP contribution is 2.30. The van der Waals surface area contributed by atoms with Crippen LogP contribution in [0.4, 0.5) is 5.69 Å². The van der Waals surface area contributed by atoms with Crippen molar-refractivity contribution >= 4 is 5.69 Å². The molecule has 2 atom stereocenters. The van der Waals surface area contributed by atoms with Crippen molar-refractivity contribution in [2.75, 3.05) is 31.1 Å². The number of hydrogen-bond donors (Lipinski definition) is 0. The minimum Gasteiger partial charge on any atom is -0.369 e. The van der Waals surface area contributed by atoms with Gasteiger partial charge in [0, 0.05) is 43.8 Å². The van der Waals surface area contributed by atoms with Crippen LogP contribution < -0.4 is 4.90 Å². The molecule has 3 rings (SSSR count). The van der Waals surface area contributed by atoms with Crippen LogP contribution in [0.5, 0.6) is 0 Å². The molecular weight excluding hydrogens is 258 g/mol. The van der Waals surface area contributed by atoms with Gasteiger partial charge >= 0.3 is 0 Å². The Morgan fingerprint density at radius 2 is 1.76 bits per heavy atom. The van der Waals surface area contributed by atoms with Crippen molar-refractivity contribution in [2.24, 2.45) is 5.92 Å². The van der Waals surface area contributed by atoms with Crippen LogP contribution in [0, 0.1) is 29.6 Å². The van der Waals surface area contributed by atoms with E-state index in [4.69, 9.17) is 11.7 Å². The molecule has 0 unspecified atom stereocenters. The molecule has 1 aliphatic carbocycles. The SMILES string of the molecule is C#C[C@H]1CC[C@@H](N2CCN(c3ccc(C#N)cc3)CC2)C1. The van der Waals surface area contributed by atoms with E-state index in [2.05, 4.69) is 33.9 Å². The first-order valence-electron chi connectivity index (χ1n) is 7.75. The van der Waals surface area contributed by atoms with E-state index in [-0.39, 0.29) is 0 Å². The van der Waals surface area contributed by atoms with Crippen molar-refractivity contribution in [1.29, 1.82) is 5.26 Å². The van der Waals surface area contributed by atoms with Gasteiger partial charge in [-0.2, -0.15) is 5.26 Å². The van der Waals surface area contributed by atoms with Crippen LogP contribution in [0.15, 0.2) is 24.3 Å². The molecule has 0 radical (unpaired) electrons. The number of rotatable bonds is 2. The molecule has 0 spiro atoms. The molecule has 1 aromatic carbocycles. The molecule has 1 heterocycles. The van der Waals surface area contributed by atoms with Crippen LogP contribution in [0.3, 0.4) is 0 Å². The summed E-state index contributed by atoms with van der Waals surface area (Å²) < 4.78 is 0. The summed E-state index contributed by atoms with van der Waals surface area (Å²) in [6, 6.07) is 10.8. The second-order valence-electron chi connectivity index (χ2n) is 6.01. The van der Waals surface area contributed by atoms with Crippen LogP contribution in [-0.2, 0) is 0 Å². The molecule has 2 fully saturated rings. The van der Waals surface area contributed by atoms with Crippen molar-refractivity contribution < 1.29 is 0 Å². The molecule has 1 saturated carbocycles. The summed E-state index contributed by atoms with van der Waals surface area (Å²) in [5.74, 6) is 3.41. The van der Waals surface area contributed by atoms with Gasteiger partial charge in [-0.15, -0.1) is 12.3 Å². The van der Waals surface area contributed by atoms with Gasteiger partial charge in [0.1, 0.15) is 0 Å². The zero-order chi connectivity index (χ0) is 14.7. The minimum absolute atomic E-state index is 0.492. The smallest absolute Gasteiger partial charge is 0.0991 e. The van der Waals surface area contributed by atoms with Crippen molar-refractivity contribution in [3.8, 4) is 18.4 Å². The zero-order valence-electron chi connectivity index (χ0n) is 12.3. The topological polar surface area (TPSA) is 30.3 Å². The number of terminal acetylenes is 1. The van der Waals surface area contributed by atoms with Crippen LogP contribution in [-0.4, -0.2) is 37.1 Å².